The van der Waals surface area contributed by atoms with E-state index in [0.29, 0.717) is 16.1 Å². The van der Waals surface area contributed by atoms with E-state index >= 15 is 0 Å². The average Bonchev–Trinajstić information content (AvgIpc) is 2.31. The molecule has 0 saturated carbocycles. The van der Waals surface area contributed by atoms with Crippen molar-refractivity contribution in [1.82, 2.24) is 0 Å². The Morgan fingerprint density at radius 1 is 1.22 bits per heavy atom. The molecular formula is C13H9ClFNO2. The molecule has 0 heterocycles. The number of carbonyl (C=O) groups excluding carboxylic acids is 1. The Balaban J connectivity index is 2.54. The van der Waals surface area contributed by atoms with Gasteiger partial charge in [-0.2, -0.15) is 0 Å². The maximum absolute atomic E-state index is 13.2. The summed E-state index contributed by atoms with van der Waals surface area (Å²) >= 11 is 5.88. The molecule has 0 aromatic heterocycles. The molecule has 3 nitrogen and oxygen atoms in total. The van der Waals surface area contributed by atoms with Crippen molar-refractivity contribution in [3.05, 3.63) is 53.3 Å². The molecule has 0 unspecified atom stereocenters. The third-order valence-electron chi connectivity index (χ3n) is 2.29. The zero-order valence-corrected chi connectivity index (χ0v) is 9.95. The molecule has 0 aliphatic carbocycles. The monoisotopic (exact) mass is 265 g/mol. The first kappa shape index (κ1) is 12.4. The highest BCUT2D eigenvalue weighted by molar-refractivity contribution is 6.31. The maximum atomic E-state index is 13.2. The van der Waals surface area contributed by atoms with Crippen LogP contribution in [0.1, 0.15) is 0 Å². The van der Waals surface area contributed by atoms with Gasteiger partial charge in [-0.1, -0.05) is 23.7 Å². The van der Waals surface area contributed by atoms with Gasteiger partial charge in [0.05, 0.1) is 0 Å². The van der Waals surface area contributed by atoms with E-state index in [4.69, 9.17) is 22.1 Å². The topological polar surface area (TPSA) is 52.3 Å². The van der Waals surface area contributed by atoms with Gasteiger partial charge in [0.25, 0.3) is 0 Å². The molecule has 0 saturated heterocycles. The van der Waals surface area contributed by atoms with Crippen LogP contribution in [0.15, 0.2) is 42.5 Å². The number of rotatable bonds is 2. The van der Waals surface area contributed by atoms with E-state index < -0.39 is 11.9 Å². The van der Waals surface area contributed by atoms with Crippen LogP contribution in [-0.2, 0) is 0 Å². The maximum Gasteiger partial charge on any atom is 0.409 e. The van der Waals surface area contributed by atoms with Crippen LogP contribution < -0.4 is 10.5 Å². The molecule has 2 aromatic rings. The van der Waals surface area contributed by atoms with Gasteiger partial charge in [-0.25, -0.2) is 9.18 Å². The van der Waals surface area contributed by atoms with Crippen LogP contribution in [0.5, 0.6) is 5.75 Å². The highest BCUT2D eigenvalue weighted by Crippen LogP contribution is 2.32. The number of hydrogen-bond donors (Lipinski definition) is 1. The lowest BCUT2D eigenvalue weighted by molar-refractivity contribution is 0.211. The number of ether oxygens (including phenoxy) is 1. The van der Waals surface area contributed by atoms with Crippen LogP contribution >= 0.6 is 11.6 Å². The van der Waals surface area contributed by atoms with Gasteiger partial charge in [0, 0.05) is 10.6 Å². The highest BCUT2D eigenvalue weighted by atomic mass is 35.5. The number of hydrogen-bond acceptors (Lipinski definition) is 2. The molecule has 1 amide bonds. The van der Waals surface area contributed by atoms with Crippen LogP contribution in [0.3, 0.4) is 0 Å². The summed E-state index contributed by atoms with van der Waals surface area (Å²) in [6.45, 7) is 0. The molecule has 2 N–H and O–H groups in total. The third kappa shape index (κ3) is 2.78. The summed E-state index contributed by atoms with van der Waals surface area (Å²) in [5, 5.41) is 0.450. The predicted molar refractivity (Wildman–Crippen MR) is 67.1 cm³/mol. The summed E-state index contributed by atoms with van der Waals surface area (Å²) < 4.78 is 18.0. The smallest absolute Gasteiger partial charge is 0.409 e. The van der Waals surface area contributed by atoms with E-state index in [-0.39, 0.29) is 5.75 Å². The van der Waals surface area contributed by atoms with Crippen molar-refractivity contribution in [2.75, 3.05) is 0 Å². The molecule has 5 heteroatoms. The summed E-state index contributed by atoms with van der Waals surface area (Å²) in [6, 6.07) is 10.5. The van der Waals surface area contributed by atoms with Gasteiger partial charge >= 0.3 is 6.09 Å². The second kappa shape index (κ2) is 5.06. The van der Waals surface area contributed by atoms with Crippen LogP contribution in [-0.4, -0.2) is 6.09 Å². The Morgan fingerprint density at radius 2 is 2.00 bits per heavy atom. The van der Waals surface area contributed by atoms with Crippen molar-refractivity contribution < 1.29 is 13.9 Å². The zero-order valence-electron chi connectivity index (χ0n) is 9.19. The normalized spacial score (nSPS) is 10.1. The molecular weight excluding hydrogens is 257 g/mol. The second-order valence-corrected chi connectivity index (χ2v) is 4.01. The van der Waals surface area contributed by atoms with Crippen molar-refractivity contribution in [2.45, 2.75) is 0 Å². The Bertz CT molecular complexity index is 601. The minimum absolute atomic E-state index is 0.234. The van der Waals surface area contributed by atoms with E-state index in [1.165, 1.54) is 18.2 Å². The Morgan fingerprint density at radius 3 is 2.67 bits per heavy atom. The lowest BCUT2D eigenvalue weighted by Gasteiger charge is -2.09. The number of benzene rings is 2. The van der Waals surface area contributed by atoms with Gasteiger partial charge in [0.2, 0.25) is 0 Å². The molecule has 18 heavy (non-hydrogen) atoms. The fraction of sp³-hybridized carbons (Fsp3) is 0. The van der Waals surface area contributed by atoms with Crippen molar-refractivity contribution >= 4 is 17.7 Å². The number of carbonyl (C=O) groups is 1. The minimum atomic E-state index is -0.935. The SMILES string of the molecule is NC(=O)Oc1ccc(Cl)cc1-c1cccc(F)c1. The van der Waals surface area contributed by atoms with E-state index in [1.54, 1.807) is 24.3 Å². The van der Waals surface area contributed by atoms with Crippen LogP contribution in [0.25, 0.3) is 11.1 Å². The van der Waals surface area contributed by atoms with Crippen LogP contribution in [0.2, 0.25) is 5.02 Å². The van der Waals surface area contributed by atoms with E-state index in [0.717, 1.165) is 0 Å². The molecule has 2 rings (SSSR count). The van der Waals surface area contributed by atoms with Crippen molar-refractivity contribution in [1.29, 1.82) is 0 Å². The molecule has 0 fully saturated rings. The summed E-state index contributed by atoms with van der Waals surface area (Å²) in [7, 11) is 0. The van der Waals surface area contributed by atoms with Gasteiger partial charge in [0.1, 0.15) is 11.6 Å². The molecule has 0 aliphatic heterocycles. The van der Waals surface area contributed by atoms with Crippen molar-refractivity contribution in [3.8, 4) is 16.9 Å². The predicted octanol–water partition coefficient (Wildman–Crippen LogP) is 3.60. The first-order valence-electron chi connectivity index (χ1n) is 5.09. The summed E-state index contributed by atoms with van der Waals surface area (Å²) in [5.74, 6) is -0.157. The first-order valence-corrected chi connectivity index (χ1v) is 5.47. The average molecular weight is 266 g/mol. The standard InChI is InChI=1S/C13H9ClFNO2/c14-9-4-5-12(18-13(16)17)11(7-9)8-2-1-3-10(15)6-8/h1-7H,(H2,16,17). The first-order chi connectivity index (χ1) is 8.56. The molecule has 0 aliphatic rings. The quantitative estimate of drug-likeness (QED) is 0.902. The molecule has 92 valence electrons. The van der Waals surface area contributed by atoms with E-state index in [9.17, 15) is 9.18 Å². The summed E-state index contributed by atoms with van der Waals surface area (Å²) in [4.78, 5) is 10.8. The van der Waals surface area contributed by atoms with E-state index in [1.807, 2.05) is 0 Å². The number of primary amides is 1. The zero-order chi connectivity index (χ0) is 13.1. The van der Waals surface area contributed by atoms with Gasteiger partial charge in [0.15, 0.2) is 0 Å². The van der Waals surface area contributed by atoms with E-state index in [2.05, 4.69) is 0 Å². The largest absolute Gasteiger partial charge is 0.410 e. The van der Waals surface area contributed by atoms with Gasteiger partial charge in [-0.3, -0.25) is 0 Å². The van der Waals surface area contributed by atoms with Crippen LogP contribution in [0.4, 0.5) is 9.18 Å². The molecule has 0 spiro atoms. The highest BCUT2D eigenvalue weighted by Gasteiger charge is 2.10. The second-order valence-electron chi connectivity index (χ2n) is 3.57. The molecule has 2 aromatic carbocycles. The minimum Gasteiger partial charge on any atom is -0.410 e. The number of halogens is 2. The fourth-order valence-electron chi connectivity index (χ4n) is 1.58. The molecule has 0 atom stereocenters. The van der Waals surface area contributed by atoms with Gasteiger partial charge in [-0.05, 0) is 35.9 Å². The summed E-state index contributed by atoms with van der Waals surface area (Å²) in [5.41, 5.74) is 6.02. The molecule has 0 bridgehead atoms. The van der Waals surface area contributed by atoms with Gasteiger partial charge in [-0.15, -0.1) is 0 Å². The third-order valence-corrected chi connectivity index (χ3v) is 2.52. The lowest BCUT2D eigenvalue weighted by atomic mass is 10.0. The van der Waals surface area contributed by atoms with Gasteiger partial charge < -0.3 is 10.5 Å². The summed E-state index contributed by atoms with van der Waals surface area (Å²) in [6.07, 6.45) is -0.935. The fourth-order valence-corrected chi connectivity index (χ4v) is 1.75. The van der Waals surface area contributed by atoms with Crippen molar-refractivity contribution in [2.24, 2.45) is 5.73 Å². The molecule has 0 radical (unpaired) electrons. The Kier molecular flexibility index (Phi) is 3.48. The Labute approximate surface area is 108 Å². The number of amides is 1. The Hall–Kier alpha value is -2.07. The number of nitrogens with two attached hydrogens (primary N) is 1. The lowest BCUT2D eigenvalue weighted by Crippen LogP contribution is -2.16. The van der Waals surface area contributed by atoms with Crippen molar-refractivity contribution in [3.63, 3.8) is 0 Å². The van der Waals surface area contributed by atoms with Crippen LogP contribution in [0, 0.1) is 5.82 Å².